The largest absolute Gasteiger partial charge is 0.379 e. The van der Waals surface area contributed by atoms with Gasteiger partial charge in [-0.3, -0.25) is 14.5 Å². The Balaban J connectivity index is 1.45. The molecule has 1 fully saturated rings. The zero-order valence-electron chi connectivity index (χ0n) is 16.7. The fourth-order valence-corrected chi connectivity index (χ4v) is 3.37. The van der Waals surface area contributed by atoms with Gasteiger partial charge in [-0.2, -0.15) is 0 Å². The molecule has 0 aliphatic carbocycles. The van der Waals surface area contributed by atoms with Crippen LogP contribution in [0.4, 0.5) is 0 Å². The Hall–Kier alpha value is -2.70. The summed E-state index contributed by atoms with van der Waals surface area (Å²) >= 11 is 0. The van der Waals surface area contributed by atoms with Crippen molar-refractivity contribution in [3.8, 4) is 0 Å². The van der Waals surface area contributed by atoms with Crippen LogP contribution >= 0.6 is 0 Å². The van der Waals surface area contributed by atoms with Crippen molar-refractivity contribution in [1.82, 2.24) is 15.5 Å². The lowest BCUT2D eigenvalue weighted by molar-refractivity contribution is -0.122. The van der Waals surface area contributed by atoms with Gasteiger partial charge in [0.05, 0.1) is 19.3 Å². The lowest BCUT2D eigenvalue weighted by atomic mass is 10.1. The lowest BCUT2D eigenvalue weighted by Gasteiger charge is -2.31. The highest BCUT2D eigenvalue weighted by Crippen LogP contribution is 2.15. The van der Waals surface area contributed by atoms with E-state index >= 15 is 0 Å². The van der Waals surface area contributed by atoms with Crippen LogP contribution in [0.5, 0.6) is 0 Å². The molecule has 0 aromatic heterocycles. The Bertz CT molecular complexity index is 761. The molecule has 0 bridgehead atoms. The number of hydrogen-bond acceptors (Lipinski definition) is 4. The lowest BCUT2D eigenvalue weighted by Crippen LogP contribution is -2.43. The van der Waals surface area contributed by atoms with Gasteiger partial charge >= 0.3 is 0 Å². The van der Waals surface area contributed by atoms with Crippen LogP contribution in [-0.4, -0.2) is 56.1 Å². The molecule has 29 heavy (non-hydrogen) atoms. The molecule has 3 rings (SSSR count). The number of rotatable bonds is 9. The van der Waals surface area contributed by atoms with Crippen LogP contribution in [0.1, 0.15) is 34.8 Å². The number of carbonyl (C=O) groups excluding carboxylic acids is 2. The van der Waals surface area contributed by atoms with Gasteiger partial charge in [0.25, 0.3) is 5.91 Å². The zero-order chi connectivity index (χ0) is 20.3. The topological polar surface area (TPSA) is 70.7 Å². The van der Waals surface area contributed by atoms with E-state index in [1.807, 2.05) is 48.5 Å². The highest BCUT2D eigenvalue weighted by Gasteiger charge is 2.20. The molecule has 1 aliphatic heterocycles. The second kappa shape index (κ2) is 11.3. The van der Waals surface area contributed by atoms with Crippen LogP contribution < -0.4 is 10.6 Å². The summed E-state index contributed by atoms with van der Waals surface area (Å²) in [5, 5.41) is 6.03. The SMILES string of the molecule is O=C(CCCNC(=O)c1ccccc1)NC(CN1CCOCC1)c1ccccc1. The summed E-state index contributed by atoms with van der Waals surface area (Å²) < 4.78 is 5.42. The van der Waals surface area contributed by atoms with E-state index in [0.717, 1.165) is 38.4 Å². The summed E-state index contributed by atoms with van der Waals surface area (Å²) in [6.45, 7) is 4.47. The third-order valence-electron chi connectivity index (χ3n) is 4.98. The van der Waals surface area contributed by atoms with Crippen LogP contribution in [0, 0.1) is 0 Å². The minimum absolute atomic E-state index is 0.000993. The molecule has 0 spiro atoms. The summed E-state index contributed by atoms with van der Waals surface area (Å²) in [5.74, 6) is -0.110. The van der Waals surface area contributed by atoms with Gasteiger partial charge in [0.1, 0.15) is 0 Å². The Kier molecular flexibility index (Phi) is 8.22. The van der Waals surface area contributed by atoms with Gasteiger partial charge in [0, 0.05) is 38.2 Å². The maximum absolute atomic E-state index is 12.5. The van der Waals surface area contributed by atoms with Crippen molar-refractivity contribution in [3.05, 3.63) is 71.8 Å². The van der Waals surface area contributed by atoms with E-state index in [0.29, 0.717) is 24.9 Å². The summed E-state index contributed by atoms with van der Waals surface area (Å²) in [7, 11) is 0. The molecule has 1 unspecified atom stereocenters. The molecule has 2 aromatic carbocycles. The van der Waals surface area contributed by atoms with E-state index in [1.165, 1.54) is 0 Å². The van der Waals surface area contributed by atoms with Crippen molar-refractivity contribution in [2.24, 2.45) is 0 Å². The van der Waals surface area contributed by atoms with Crippen molar-refractivity contribution in [2.45, 2.75) is 18.9 Å². The van der Waals surface area contributed by atoms with Crippen LogP contribution in [-0.2, 0) is 9.53 Å². The average molecular weight is 396 g/mol. The van der Waals surface area contributed by atoms with Crippen LogP contribution in [0.15, 0.2) is 60.7 Å². The molecular weight excluding hydrogens is 366 g/mol. The molecule has 1 saturated heterocycles. The van der Waals surface area contributed by atoms with E-state index in [1.54, 1.807) is 12.1 Å². The number of hydrogen-bond donors (Lipinski definition) is 2. The Labute approximate surface area is 172 Å². The van der Waals surface area contributed by atoms with E-state index < -0.39 is 0 Å². The Morgan fingerprint density at radius 2 is 1.62 bits per heavy atom. The molecule has 154 valence electrons. The smallest absolute Gasteiger partial charge is 0.251 e. The number of nitrogens with zero attached hydrogens (tertiary/aromatic N) is 1. The molecule has 1 heterocycles. The Morgan fingerprint density at radius 3 is 2.31 bits per heavy atom. The summed E-state index contributed by atoms with van der Waals surface area (Å²) in [6.07, 6.45) is 0.977. The molecule has 1 aliphatic rings. The van der Waals surface area contributed by atoms with Gasteiger partial charge in [-0.1, -0.05) is 48.5 Å². The summed E-state index contributed by atoms with van der Waals surface area (Å²) in [4.78, 5) is 26.9. The van der Waals surface area contributed by atoms with Gasteiger partial charge in [-0.15, -0.1) is 0 Å². The number of morpholine rings is 1. The number of benzene rings is 2. The van der Waals surface area contributed by atoms with E-state index in [2.05, 4.69) is 15.5 Å². The molecule has 6 nitrogen and oxygen atoms in total. The first kappa shape index (κ1) is 21.0. The first-order valence-corrected chi connectivity index (χ1v) is 10.2. The number of nitrogens with one attached hydrogen (secondary N) is 2. The van der Waals surface area contributed by atoms with E-state index in [4.69, 9.17) is 4.74 Å². The van der Waals surface area contributed by atoms with Crippen molar-refractivity contribution in [3.63, 3.8) is 0 Å². The van der Waals surface area contributed by atoms with Crippen LogP contribution in [0.2, 0.25) is 0 Å². The molecule has 2 amide bonds. The van der Waals surface area contributed by atoms with Crippen molar-refractivity contribution in [2.75, 3.05) is 39.4 Å². The fraction of sp³-hybridized carbons (Fsp3) is 0.391. The number of carbonyl (C=O) groups is 2. The standard InChI is InChI=1S/C23H29N3O3/c27-22(12-7-13-24-23(28)20-10-5-2-6-11-20)25-21(19-8-3-1-4-9-19)18-26-14-16-29-17-15-26/h1-6,8-11,21H,7,12-18H2,(H,24,28)(H,25,27). The normalized spacial score (nSPS) is 15.4. The predicted octanol–water partition coefficient (Wildman–Crippen LogP) is 2.39. The first-order chi connectivity index (χ1) is 14.2. The third-order valence-corrected chi connectivity index (χ3v) is 4.98. The highest BCUT2D eigenvalue weighted by molar-refractivity contribution is 5.94. The second-order valence-corrected chi connectivity index (χ2v) is 7.17. The molecule has 0 saturated carbocycles. The van der Waals surface area contributed by atoms with Gasteiger partial charge in [-0.05, 0) is 24.1 Å². The van der Waals surface area contributed by atoms with Gasteiger partial charge in [-0.25, -0.2) is 0 Å². The van der Waals surface area contributed by atoms with Crippen molar-refractivity contribution < 1.29 is 14.3 Å². The number of ether oxygens (including phenoxy) is 1. The quantitative estimate of drug-likeness (QED) is 0.640. The van der Waals surface area contributed by atoms with E-state index in [9.17, 15) is 9.59 Å². The fourth-order valence-electron chi connectivity index (χ4n) is 3.37. The molecular formula is C23H29N3O3. The summed E-state index contributed by atoms with van der Waals surface area (Å²) in [6, 6.07) is 19.1. The summed E-state index contributed by atoms with van der Waals surface area (Å²) in [5.41, 5.74) is 1.73. The maximum atomic E-state index is 12.5. The van der Waals surface area contributed by atoms with Crippen molar-refractivity contribution in [1.29, 1.82) is 0 Å². The van der Waals surface area contributed by atoms with Gasteiger partial charge < -0.3 is 15.4 Å². The maximum Gasteiger partial charge on any atom is 0.251 e. The average Bonchev–Trinajstić information content (AvgIpc) is 2.78. The van der Waals surface area contributed by atoms with Gasteiger partial charge in [0.15, 0.2) is 0 Å². The molecule has 0 radical (unpaired) electrons. The Morgan fingerprint density at radius 1 is 0.966 bits per heavy atom. The molecule has 1 atom stereocenters. The molecule has 6 heteroatoms. The predicted molar refractivity (Wildman–Crippen MR) is 113 cm³/mol. The second-order valence-electron chi connectivity index (χ2n) is 7.17. The molecule has 2 aromatic rings. The van der Waals surface area contributed by atoms with Crippen LogP contribution in [0.25, 0.3) is 0 Å². The van der Waals surface area contributed by atoms with E-state index in [-0.39, 0.29) is 17.9 Å². The van der Waals surface area contributed by atoms with Gasteiger partial charge in [0.2, 0.25) is 5.91 Å². The number of amides is 2. The van der Waals surface area contributed by atoms with Crippen molar-refractivity contribution >= 4 is 11.8 Å². The highest BCUT2D eigenvalue weighted by atomic mass is 16.5. The zero-order valence-corrected chi connectivity index (χ0v) is 16.7. The third kappa shape index (κ3) is 7.00. The first-order valence-electron chi connectivity index (χ1n) is 10.2. The minimum atomic E-state index is -0.111. The minimum Gasteiger partial charge on any atom is -0.379 e. The van der Waals surface area contributed by atoms with Crippen LogP contribution in [0.3, 0.4) is 0 Å². The molecule has 2 N–H and O–H groups in total. The monoisotopic (exact) mass is 395 g/mol.